The molecule has 5 aromatic carbocycles. The van der Waals surface area contributed by atoms with Gasteiger partial charge in [-0.3, -0.25) is 6.08 Å². The van der Waals surface area contributed by atoms with Crippen molar-refractivity contribution >= 4 is 40.9 Å². The minimum absolute atomic E-state index is 0.203. The Morgan fingerprint density at radius 3 is 1.33 bits per heavy atom. The molecule has 0 fully saturated rings. The van der Waals surface area contributed by atoms with Gasteiger partial charge in [-0.05, 0) is 10.8 Å². The fraction of sp³-hybridized carbons (Fsp3) is 0.333. The SMILES string of the molecule is CC(C)(C)c1ccc2c(c1)[cH-]c1cc(C(C)(C)C)ccc12.C[Si](C)(C)C1=[C-]CC([Si](C)(C)C)=C1.[Zr+2]=[C](c1ccccc1)c1ccccc1. The van der Waals surface area contributed by atoms with Gasteiger partial charge in [0.05, 0.1) is 8.07 Å². The molecule has 0 saturated heterocycles. The summed E-state index contributed by atoms with van der Waals surface area (Å²) in [5.41, 5.74) is 5.87. The van der Waals surface area contributed by atoms with E-state index in [0.29, 0.717) is 0 Å². The van der Waals surface area contributed by atoms with Crippen molar-refractivity contribution in [3.8, 4) is 0 Å². The standard InChI is InChI=1S/C21H25.C13H10.C11H21Si2.Zr/c1-20(2,3)16-7-9-18-14(12-16)11-15-13-17(21(4,5)6)8-10-19(15)18;1-3-7-12(8-4-1)11-13-9-5-2-6-10-13;1-12(2,3)10-7-8-11(9-10)13(4,5)6;/h7-13H,1-6H3;1-10H;9H,7H2,1-6H3;/q-1;;-1;+2. The zero-order valence-corrected chi connectivity index (χ0v) is 36.1. The van der Waals surface area contributed by atoms with Gasteiger partial charge in [0.1, 0.15) is 0 Å². The second-order valence-electron chi connectivity index (χ2n) is 17.3. The summed E-state index contributed by atoms with van der Waals surface area (Å²) in [5.74, 6) is 0. The van der Waals surface area contributed by atoms with Crippen LogP contribution in [0.1, 0.15) is 70.2 Å². The Bertz CT molecular complexity index is 1800. The van der Waals surface area contributed by atoms with Crippen molar-refractivity contribution in [3.63, 3.8) is 0 Å². The predicted molar refractivity (Wildman–Crippen MR) is 217 cm³/mol. The zero-order chi connectivity index (χ0) is 35.5. The first-order valence-electron chi connectivity index (χ1n) is 17.4. The van der Waals surface area contributed by atoms with Gasteiger partial charge in [0.2, 0.25) is 0 Å². The van der Waals surface area contributed by atoms with Crippen LogP contribution in [0.25, 0.3) is 21.5 Å². The van der Waals surface area contributed by atoms with Crippen molar-refractivity contribution in [3.05, 3.63) is 148 Å². The summed E-state index contributed by atoms with van der Waals surface area (Å²) in [6.45, 7) is 28.1. The molecule has 3 heteroatoms. The minimum atomic E-state index is -1.09. The Balaban J connectivity index is 0.000000170. The zero-order valence-electron chi connectivity index (χ0n) is 31.6. The van der Waals surface area contributed by atoms with Crippen molar-refractivity contribution < 1.29 is 24.2 Å². The maximum atomic E-state index is 3.57. The Morgan fingerprint density at radius 2 is 1.02 bits per heavy atom. The topological polar surface area (TPSA) is 0 Å². The van der Waals surface area contributed by atoms with Crippen molar-refractivity contribution in [1.82, 2.24) is 0 Å². The van der Waals surface area contributed by atoms with E-state index in [0.717, 1.165) is 6.42 Å². The molecule has 0 radical (unpaired) electrons. The summed E-state index contributed by atoms with van der Waals surface area (Å²) in [5, 5.41) is 8.71. The predicted octanol–water partition coefficient (Wildman–Crippen LogP) is 12.9. The first-order chi connectivity index (χ1) is 22.2. The van der Waals surface area contributed by atoms with Crippen LogP contribution in [0, 0.1) is 6.08 Å². The fourth-order valence-electron chi connectivity index (χ4n) is 5.76. The summed E-state index contributed by atoms with van der Waals surface area (Å²) in [7, 11) is -2.14. The molecule has 48 heavy (non-hydrogen) atoms. The molecule has 0 spiro atoms. The molecule has 248 valence electrons. The van der Waals surface area contributed by atoms with Gasteiger partial charge in [0.15, 0.2) is 0 Å². The van der Waals surface area contributed by atoms with Crippen molar-refractivity contribution in [2.45, 2.75) is 98.1 Å². The molecule has 6 rings (SSSR count). The molecule has 0 nitrogen and oxygen atoms in total. The van der Waals surface area contributed by atoms with E-state index in [1.165, 1.54) is 71.2 Å². The third-order valence-corrected chi connectivity index (χ3v) is 14.7. The molecular weight excluding hydrogens is 688 g/mol. The maximum absolute atomic E-state index is 3.57. The average Bonchev–Trinajstić information content (AvgIpc) is 3.67. The quantitative estimate of drug-likeness (QED) is 0.127. The van der Waals surface area contributed by atoms with E-state index in [-0.39, 0.29) is 10.8 Å². The second-order valence-corrected chi connectivity index (χ2v) is 28.7. The molecule has 0 N–H and O–H groups in total. The molecule has 5 aromatic rings. The van der Waals surface area contributed by atoms with Gasteiger partial charge in [-0.25, -0.2) is 11.3 Å². The Labute approximate surface area is 309 Å². The first-order valence-corrected chi connectivity index (χ1v) is 25.6. The van der Waals surface area contributed by atoms with Crippen molar-refractivity contribution in [2.24, 2.45) is 0 Å². The normalized spacial score (nSPS) is 13.7. The van der Waals surface area contributed by atoms with E-state index in [1.54, 1.807) is 10.4 Å². The number of benzene rings is 4. The summed E-state index contributed by atoms with van der Waals surface area (Å²) in [4.78, 5) is 0. The molecule has 0 atom stereocenters. The third kappa shape index (κ3) is 9.99. The Hall–Kier alpha value is -2.58. The molecule has 0 unspecified atom stereocenters. The molecule has 0 bridgehead atoms. The van der Waals surface area contributed by atoms with Crippen LogP contribution in [-0.2, 0) is 35.1 Å². The number of allylic oxidation sites excluding steroid dienone is 4. The number of hydrogen-bond donors (Lipinski definition) is 0. The van der Waals surface area contributed by atoms with Crippen LogP contribution < -0.4 is 0 Å². The molecule has 0 aliphatic heterocycles. The Kier molecular flexibility index (Phi) is 12.0. The summed E-state index contributed by atoms with van der Waals surface area (Å²) < 4.78 is 1.42. The molecule has 1 aliphatic rings. The number of hydrogen-bond acceptors (Lipinski definition) is 0. The second kappa shape index (κ2) is 15.1. The van der Waals surface area contributed by atoms with Crippen LogP contribution in [-0.4, -0.2) is 19.4 Å². The molecule has 1 aliphatic carbocycles. The molecule has 0 aromatic heterocycles. The van der Waals surface area contributed by atoms with Gasteiger partial charge < -0.3 is 0 Å². The van der Waals surface area contributed by atoms with Gasteiger partial charge in [-0.2, -0.15) is 5.20 Å². The van der Waals surface area contributed by atoms with E-state index in [1.807, 2.05) is 0 Å². The van der Waals surface area contributed by atoms with Crippen LogP contribution in [0.5, 0.6) is 0 Å². The van der Waals surface area contributed by atoms with Crippen LogP contribution >= 0.6 is 0 Å². The molecular formula is C45H56Si2Zr. The molecule has 0 heterocycles. The summed E-state index contributed by atoms with van der Waals surface area (Å²) in [6.07, 6.45) is 7.15. The van der Waals surface area contributed by atoms with Gasteiger partial charge in [-0.15, -0.1) is 46.2 Å². The van der Waals surface area contributed by atoms with E-state index < -0.39 is 16.1 Å². The van der Waals surface area contributed by atoms with Crippen LogP contribution in [0.3, 0.4) is 0 Å². The van der Waals surface area contributed by atoms with Gasteiger partial charge in [0, 0.05) is 8.07 Å². The molecule has 0 amide bonds. The van der Waals surface area contributed by atoms with Crippen LogP contribution in [0.15, 0.2) is 120 Å². The van der Waals surface area contributed by atoms with Crippen molar-refractivity contribution in [2.75, 3.05) is 0 Å². The summed E-state index contributed by atoms with van der Waals surface area (Å²) >= 11 is 1.46. The van der Waals surface area contributed by atoms with Gasteiger partial charge in [-0.1, -0.05) is 116 Å². The number of rotatable bonds is 4. The van der Waals surface area contributed by atoms with E-state index in [2.05, 4.69) is 196 Å². The Morgan fingerprint density at radius 1 is 0.604 bits per heavy atom. The van der Waals surface area contributed by atoms with Gasteiger partial charge in [0.25, 0.3) is 0 Å². The summed E-state index contributed by atoms with van der Waals surface area (Å²) in [6, 6.07) is 37.3. The first kappa shape index (κ1) is 38.2. The van der Waals surface area contributed by atoms with E-state index >= 15 is 0 Å². The van der Waals surface area contributed by atoms with Crippen LogP contribution in [0.2, 0.25) is 39.3 Å². The average molecular weight is 744 g/mol. The molecule has 0 saturated carbocycles. The monoisotopic (exact) mass is 742 g/mol. The fourth-order valence-corrected chi connectivity index (χ4v) is 9.15. The van der Waals surface area contributed by atoms with Crippen LogP contribution in [0.4, 0.5) is 0 Å². The van der Waals surface area contributed by atoms with Crippen molar-refractivity contribution in [1.29, 1.82) is 0 Å². The third-order valence-electron chi connectivity index (χ3n) is 9.12. The van der Waals surface area contributed by atoms with E-state index in [9.17, 15) is 0 Å². The number of fused-ring (bicyclic) bond motifs is 3. The van der Waals surface area contributed by atoms with E-state index in [4.69, 9.17) is 0 Å². The van der Waals surface area contributed by atoms with Gasteiger partial charge >= 0.3 is 99.2 Å².